The van der Waals surface area contributed by atoms with Gasteiger partial charge < -0.3 is 10.1 Å². The lowest BCUT2D eigenvalue weighted by Crippen LogP contribution is -2.02. The molecule has 82 valence electrons. The Morgan fingerprint density at radius 3 is 3.00 bits per heavy atom. The van der Waals surface area contributed by atoms with Gasteiger partial charge in [0.1, 0.15) is 5.82 Å². The van der Waals surface area contributed by atoms with Crippen molar-refractivity contribution in [3.63, 3.8) is 0 Å². The molecule has 0 atom stereocenters. The van der Waals surface area contributed by atoms with Gasteiger partial charge >= 0.3 is 0 Å². The average molecular weight is 227 g/mol. The standard InChI is InChI=1S/C11H15ClN2O/c1-13-11-5-4-9(12)10(14-11)7-15-6-8-2-3-8/h4-5,8H,2-3,6-7H2,1H3,(H,13,14). The number of aromatic nitrogens is 1. The first-order valence-corrected chi connectivity index (χ1v) is 5.58. The van der Waals surface area contributed by atoms with Crippen molar-refractivity contribution in [2.24, 2.45) is 5.92 Å². The molecule has 0 bridgehead atoms. The molecule has 1 aromatic rings. The number of rotatable bonds is 5. The monoisotopic (exact) mass is 226 g/mol. The van der Waals surface area contributed by atoms with Gasteiger partial charge in [-0.15, -0.1) is 0 Å². The number of anilines is 1. The molecule has 3 nitrogen and oxygen atoms in total. The van der Waals surface area contributed by atoms with Crippen LogP contribution >= 0.6 is 11.6 Å². The predicted molar refractivity (Wildman–Crippen MR) is 61.2 cm³/mol. The molecule has 1 N–H and O–H groups in total. The van der Waals surface area contributed by atoms with Crippen molar-refractivity contribution >= 4 is 17.4 Å². The summed E-state index contributed by atoms with van der Waals surface area (Å²) in [5, 5.41) is 3.65. The summed E-state index contributed by atoms with van der Waals surface area (Å²) in [6.07, 6.45) is 2.61. The van der Waals surface area contributed by atoms with Gasteiger partial charge in [-0.2, -0.15) is 0 Å². The second-order valence-electron chi connectivity index (χ2n) is 3.83. The number of hydrogen-bond acceptors (Lipinski definition) is 3. The highest BCUT2D eigenvalue weighted by Crippen LogP contribution is 2.29. The van der Waals surface area contributed by atoms with Crippen LogP contribution in [-0.2, 0) is 11.3 Å². The van der Waals surface area contributed by atoms with Crippen LogP contribution in [0.1, 0.15) is 18.5 Å². The van der Waals surface area contributed by atoms with E-state index in [-0.39, 0.29) is 0 Å². The lowest BCUT2D eigenvalue weighted by Gasteiger charge is -2.07. The fraction of sp³-hybridized carbons (Fsp3) is 0.545. The van der Waals surface area contributed by atoms with Gasteiger partial charge in [-0.05, 0) is 30.9 Å². The van der Waals surface area contributed by atoms with Gasteiger partial charge in [0.05, 0.1) is 17.3 Å². The molecule has 1 saturated carbocycles. The molecule has 0 radical (unpaired) electrons. The summed E-state index contributed by atoms with van der Waals surface area (Å²) in [6, 6.07) is 3.70. The highest BCUT2D eigenvalue weighted by molar-refractivity contribution is 6.31. The minimum Gasteiger partial charge on any atom is -0.375 e. The van der Waals surface area contributed by atoms with E-state index in [0.29, 0.717) is 11.6 Å². The summed E-state index contributed by atoms with van der Waals surface area (Å²) in [7, 11) is 1.84. The smallest absolute Gasteiger partial charge is 0.126 e. The van der Waals surface area contributed by atoms with Crippen molar-refractivity contribution in [1.29, 1.82) is 0 Å². The van der Waals surface area contributed by atoms with Crippen LogP contribution in [-0.4, -0.2) is 18.6 Å². The van der Waals surface area contributed by atoms with Gasteiger partial charge in [0.25, 0.3) is 0 Å². The lowest BCUT2D eigenvalue weighted by molar-refractivity contribution is 0.109. The normalized spacial score (nSPS) is 15.3. The number of hydrogen-bond donors (Lipinski definition) is 1. The van der Waals surface area contributed by atoms with Crippen LogP contribution in [0, 0.1) is 5.92 Å². The summed E-state index contributed by atoms with van der Waals surface area (Å²) in [5.74, 6) is 1.60. The number of nitrogens with zero attached hydrogens (tertiary/aromatic N) is 1. The second-order valence-corrected chi connectivity index (χ2v) is 4.24. The second kappa shape index (κ2) is 4.81. The Balaban J connectivity index is 1.92. The Morgan fingerprint density at radius 2 is 2.33 bits per heavy atom. The molecule has 0 spiro atoms. The van der Waals surface area contributed by atoms with Crippen LogP contribution in [0.3, 0.4) is 0 Å². The molecule has 2 rings (SSSR count). The van der Waals surface area contributed by atoms with E-state index < -0.39 is 0 Å². The van der Waals surface area contributed by atoms with Crippen molar-refractivity contribution in [2.75, 3.05) is 19.0 Å². The SMILES string of the molecule is CNc1ccc(Cl)c(COCC2CC2)n1. The van der Waals surface area contributed by atoms with E-state index in [4.69, 9.17) is 16.3 Å². The molecule has 1 aliphatic carbocycles. The first-order valence-electron chi connectivity index (χ1n) is 5.20. The van der Waals surface area contributed by atoms with Crippen LogP contribution in [0.4, 0.5) is 5.82 Å². The van der Waals surface area contributed by atoms with E-state index in [1.807, 2.05) is 19.2 Å². The Hall–Kier alpha value is -0.800. The van der Waals surface area contributed by atoms with Crippen molar-refractivity contribution in [3.8, 4) is 0 Å². The van der Waals surface area contributed by atoms with Gasteiger partial charge in [-0.1, -0.05) is 11.6 Å². The van der Waals surface area contributed by atoms with E-state index >= 15 is 0 Å². The van der Waals surface area contributed by atoms with Crippen LogP contribution in [0.15, 0.2) is 12.1 Å². The molecule has 1 heterocycles. The van der Waals surface area contributed by atoms with Crippen LogP contribution < -0.4 is 5.32 Å². The zero-order valence-corrected chi connectivity index (χ0v) is 9.55. The van der Waals surface area contributed by atoms with Crippen LogP contribution in [0.2, 0.25) is 5.02 Å². The Morgan fingerprint density at radius 1 is 1.53 bits per heavy atom. The highest BCUT2D eigenvalue weighted by Gasteiger charge is 2.21. The summed E-state index contributed by atoms with van der Waals surface area (Å²) in [6.45, 7) is 1.34. The average Bonchev–Trinajstić information content (AvgIpc) is 3.05. The van der Waals surface area contributed by atoms with Crippen molar-refractivity contribution in [3.05, 3.63) is 22.8 Å². The van der Waals surface area contributed by atoms with Crippen molar-refractivity contribution in [2.45, 2.75) is 19.4 Å². The fourth-order valence-electron chi connectivity index (χ4n) is 1.33. The van der Waals surface area contributed by atoms with E-state index in [1.165, 1.54) is 12.8 Å². The minimum absolute atomic E-state index is 0.505. The number of nitrogens with one attached hydrogen (secondary N) is 1. The molecule has 0 aromatic carbocycles. The van der Waals surface area contributed by atoms with E-state index in [0.717, 1.165) is 24.0 Å². The van der Waals surface area contributed by atoms with E-state index in [9.17, 15) is 0 Å². The minimum atomic E-state index is 0.505. The maximum Gasteiger partial charge on any atom is 0.126 e. The van der Waals surface area contributed by atoms with Gasteiger partial charge in [0.2, 0.25) is 0 Å². The first-order chi connectivity index (χ1) is 7.29. The Bertz CT molecular complexity index is 339. The Labute approximate surface area is 94.8 Å². The largest absolute Gasteiger partial charge is 0.375 e. The zero-order chi connectivity index (χ0) is 10.7. The van der Waals surface area contributed by atoms with E-state index in [2.05, 4.69) is 10.3 Å². The summed E-state index contributed by atoms with van der Waals surface area (Å²) < 4.78 is 5.55. The molecule has 4 heteroatoms. The molecule has 1 aromatic heterocycles. The highest BCUT2D eigenvalue weighted by atomic mass is 35.5. The molecular formula is C11H15ClN2O. The number of ether oxygens (including phenoxy) is 1. The maximum atomic E-state index is 6.01. The number of halogens is 1. The topological polar surface area (TPSA) is 34.1 Å². The molecule has 0 unspecified atom stereocenters. The van der Waals surface area contributed by atoms with Gasteiger partial charge in [-0.25, -0.2) is 4.98 Å². The third-order valence-electron chi connectivity index (χ3n) is 2.46. The van der Waals surface area contributed by atoms with E-state index in [1.54, 1.807) is 0 Å². The van der Waals surface area contributed by atoms with Gasteiger partial charge in [0.15, 0.2) is 0 Å². The quantitative estimate of drug-likeness (QED) is 0.838. The molecule has 1 aliphatic rings. The molecule has 0 aliphatic heterocycles. The van der Waals surface area contributed by atoms with Crippen molar-refractivity contribution < 1.29 is 4.74 Å². The Kier molecular flexibility index (Phi) is 3.44. The van der Waals surface area contributed by atoms with Gasteiger partial charge in [0, 0.05) is 13.7 Å². The first kappa shape index (κ1) is 10.7. The third-order valence-corrected chi connectivity index (χ3v) is 2.81. The van der Waals surface area contributed by atoms with Crippen molar-refractivity contribution in [1.82, 2.24) is 4.98 Å². The lowest BCUT2D eigenvalue weighted by atomic mass is 10.3. The molecular weight excluding hydrogens is 212 g/mol. The maximum absolute atomic E-state index is 6.01. The summed E-state index contributed by atoms with van der Waals surface area (Å²) >= 11 is 6.01. The predicted octanol–water partition coefficient (Wildman–Crippen LogP) is 2.70. The van der Waals surface area contributed by atoms with Crippen LogP contribution in [0.25, 0.3) is 0 Å². The van der Waals surface area contributed by atoms with Crippen LogP contribution in [0.5, 0.6) is 0 Å². The summed E-state index contributed by atoms with van der Waals surface area (Å²) in [5.41, 5.74) is 0.809. The molecule has 0 amide bonds. The number of pyridine rings is 1. The third kappa shape index (κ3) is 3.08. The molecule has 15 heavy (non-hydrogen) atoms. The summed E-state index contributed by atoms with van der Waals surface area (Å²) in [4.78, 5) is 4.34. The zero-order valence-electron chi connectivity index (χ0n) is 8.79. The fourth-order valence-corrected chi connectivity index (χ4v) is 1.49. The van der Waals surface area contributed by atoms with Gasteiger partial charge in [-0.3, -0.25) is 0 Å². The molecule has 0 saturated heterocycles. The molecule has 1 fully saturated rings.